The minimum Gasteiger partial charge on any atom is -0.507 e. The number of allylic oxidation sites excluding steroid dienone is 2. The summed E-state index contributed by atoms with van der Waals surface area (Å²) in [5.41, 5.74) is 0.898. The summed E-state index contributed by atoms with van der Waals surface area (Å²) >= 11 is 0. The first-order valence-electron chi connectivity index (χ1n) is 10.9. The summed E-state index contributed by atoms with van der Waals surface area (Å²) in [6, 6.07) is 3.13. The van der Waals surface area contributed by atoms with Gasteiger partial charge in [-0.2, -0.15) is 0 Å². The molecule has 3 N–H and O–H groups in total. The van der Waals surface area contributed by atoms with Crippen molar-refractivity contribution in [2.45, 2.75) is 38.9 Å². The van der Waals surface area contributed by atoms with Crippen molar-refractivity contribution in [2.75, 3.05) is 21.3 Å². The third-order valence-electron chi connectivity index (χ3n) is 5.43. The van der Waals surface area contributed by atoms with Crippen LogP contribution in [0.1, 0.15) is 25.0 Å². The zero-order valence-corrected chi connectivity index (χ0v) is 19.9. The molecule has 3 rings (SSSR count). The summed E-state index contributed by atoms with van der Waals surface area (Å²) in [5.74, 6) is 0.850. The Balaban J connectivity index is 2.38. The number of ether oxygens (including phenoxy) is 3. The number of rotatable bonds is 9. The van der Waals surface area contributed by atoms with Crippen LogP contribution in [0.5, 0.6) is 23.0 Å². The van der Waals surface area contributed by atoms with E-state index in [1.807, 2.05) is 0 Å². The number of methoxy groups -OCH3 is 3. The van der Waals surface area contributed by atoms with Gasteiger partial charge < -0.3 is 33.9 Å². The third kappa shape index (κ3) is 4.88. The van der Waals surface area contributed by atoms with Crippen molar-refractivity contribution in [1.29, 1.82) is 0 Å². The molecule has 2 aromatic carbocycles. The summed E-state index contributed by atoms with van der Waals surface area (Å²) < 4.78 is 22.5. The molecule has 3 aromatic rings. The standard InChI is InChI=1S/C26H30O8/c1-14(27)8-6-10-16-18(31-3)12-20-23(24(16)29)25(30)22-17(11-7-9-15(2)28)26(33-5)21(32-4)13-19(22)34-20/h6-9,12-15,27-29H,10-11H2,1-5H3. The molecule has 0 bridgehead atoms. The molecule has 0 spiro atoms. The van der Waals surface area contributed by atoms with Crippen LogP contribution in [0.4, 0.5) is 0 Å². The number of fused-ring (bicyclic) bond motifs is 2. The average molecular weight is 471 g/mol. The van der Waals surface area contributed by atoms with E-state index in [4.69, 9.17) is 18.6 Å². The third-order valence-corrected chi connectivity index (χ3v) is 5.43. The minimum atomic E-state index is -0.658. The SMILES string of the molecule is COc1cc2oc3cc(OC)c(OC)c(CC=CC(C)O)c3c(=O)c2c(O)c1CC=CC(C)O. The molecule has 0 fully saturated rings. The lowest BCUT2D eigenvalue weighted by Crippen LogP contribution is -2.09. The smallest absolute Gasteiger partial charge is 0.204 e. The van der Waals surface area contributed by atoms with Crippen LogP contribution >= 0.6 is 0 Å². The zero-order chi connectivity index (χ0) is 25.0. The van der Waals surface area contributed by atoms with Crippen molar-refractivity contribution < 1.29 is 33.9 Å². The van der Waals surface area contributed by atoms with Gasteiger partial charge in [0.1, 0.15) is 28.1 Å². The van der Waals surface area contributed by atoms with E-state index in [1.54, 1.807) is 50.3 Å². The zero-order valence-electron chi connectivity index (χ0n) is 19.9. The van der Waals surface area contributed by atoms with E-state index in [1.165, 1.54) is 21.3 Å². The Kier molecular flexibility index (Phi) is 7.86. The van der Waals surface area contributed by atoms with Gasteiger partial charge in [0, 0.05) is 23.3 Å². The molecule has 182 valence electrons. The fraction of sp³-hybridized carbons (Fsp3) is 0.346. The van der Waals surface area contributed by atoms with Crippen LogP contribution in [-0.2, 0) is 12.8 Å². The van der Waals surface area contributed by atoms with E-state index in [9.17, 15) is 20.1 Å². The highest BCUT2D eigenvalue weighted by molar-refractivity contribution is 5.97. The summed E-state index contributed by atoms with van der Waals surface area (Å²) in [4.78, 5) is 13.7. The van der Waals surface area contributed by atoms with Gasteiger partial charge in [0.25, 0.3) is 0 Å². The molecule has 0 aliphatic heterocycles. The van der Waals surface area contributed by atoms with Crippen molar-refractivity contribution in [2.24, 2.45) is 0 Å². The molecule has 0 saturated heterocycles. The fourth-order valence-electron chi connectivity index (χ4n) is 3.92. The highest BCUT2D eigenvalue weighted by atomic mass is 16.5. The first-order valence-corrected chi connectivity index (χ1v) is 10.9. The Morgan fingerprint density at radius 3 is 1.91 bits per heavy atom. The molecule has 0 amide bonds. The number of phenolic OH excluding ortho intramolecular Hbond substituents is 1. The van der Waals surface area contributed by atoms with Crippen molar-refractivity contribution in [3.8, 4) is 23.0 Å². The first-order chi connectivity index (χ1) is 16.2. The van der Waals surface area contributed by atoms with Gasteiger partial charge in [0.15, 0.2) is 11.5 Å². The number of benzene rings is 2. The molecule has 8 heteroatoms. The second-order valence-electron chi connectivity index (χ2n) is 7.92. The Morgan fingerprint density at radius 2 is 1.38 bits per heavy atom. The first kappa shape index (κ1) is 25.1. The quantitative estimate of drug-likeness (QED) is 0.320. The van der Waals surface area contributed by atoms with Gasteiger partial charge in [0.2, 0.25) is 5.43 Å². The Bertz CT molecular complexity index is 1300. The molecule has 1 aromatic heterocycles. The van der Waals surface area contributed by atoms with Crippen molar-refractivity contribution >= 4 is 21.9 Å². The number of phenols is 1. The highest BCUT2D eigenvalue weighted by Gasteiger charge is 2.23. The molecule has 8 nitrogen and oxygen atoms in total. The van der Waals surface area contributed by atoms with E-state index in [0.717, 1.165) is 0 Å². The van der Waals surface area contributed by atoms with Gasteiger partial charge in [0.05, 0.1) is 38.9 Å². The van der Waals surface area contributed by atoms with Crippen molar-refractivity contribution in [1.82, 2.24) is 0 Å². The van der Waals surface area contributed by atoms with E-state index in [2.05, 4.69) is 0 Å². The van der Waals surface area contributed by atoms with E-state index in [0.29, 0.717) is 28.4 Å². The topological polar surface area (TPSA) is 119 Å². The van der Waals surface area contributed by atoms with Gasteiger partial charge in [-0.1, -0.05) is 24.3 Å². The van der Waals surface area contributed by atoms with Crippen LogP contribution in [0.15, 0.2) is 45.6 Å². The molecule has 1 heterocycles. The predicted molar refractivity (Wildman–Crippen MR) is 130 cm³/mol. The Labute approximate surface area is 197 Å². The van der Waals surface area contributed by atoms with Crippen LogP contribution in [0.2, 0.25) is 0 Å². The van der Waals surface area contributed by atoms with Crippen LogP contribution < -0.4 is 19.6 Å². The van der Waals surface area contributed by atoms with Gasteiger partial charge in [-0.15, -0.1) is 0 Å². The molecule has 2 atom stereocenters. The maximum atomic E-state index is 13.7. The fourth-order valence-corrected chi connectivity index (χ4v) is 3.92. The number of hydrogen-bond acceptors (Lipinski definition) is 8. The molecular weight excluding hydrogens is 440 g/mol. The van der Waals surface area contributed by atoms with E-state index < -0.39 is 17.6 Å². The lowest BCUT2D eigenvalue weighted by Gasteiger charge is -2.16. The van der Waals surface area contributed by atoms with Gasteiger partial charge in [-0.05, 0) is 26.7 Å². The molecule has 0 aliphatic carbocycles. The Hall–Kier alpha value is -3.49. The second kappa shape index (κ2) is 10.6. The normalized spacial score (nSPS) is 13.7. The monoisotopic (exact) mass is 470 g/mol. The summed E-state index contributed by atoms with van der Waals surface area (Å²) in [7, 11) is 4.42. The van der Waals surface area contributed by atoms with Gasteiger partial charge in [-0.3, -0.25) is 4.79 Å². The lowest BCUT2D eigenvalue weighted by atomic mass is 9.99. The number of aromatic hydroxyl groups is 1. The second-order valence-corrected chi connectivity index (χ2v) is 7.92. The van der Waals surface area contributed by atoms with Crippen molar-refractivity contribution in [3.05, 3.63) is 57.8 Å². The highest BCUT2D eigenvalue weighted by Crippen LogP contribution is 2.41. The van der Waals surface area contributed by atoms with E-state index in [-0.39, 0.29) is 40.5 Å². The van der Waals surface area contributed by atoms with Crippen LogP contribution in [0.25, 0.3) is 21.9 Å². The number of aliphatic hydroxyl groups excluding tert-OH is 2. The minimum absolute atomic E-state index is 0.0155. The number of aliphatic hydroxyl groups is 2. The van der Waals surface area contributed by atoms with Gasteiger partial charge in [-0.25, -0.2) is 0 Å². The van der Waals surface area contributed by atoms with Crippen LogP contribution in [0.3, 0.4) is 0 Å². The van der Waals surface area contributed by atoms with Gasteiger partial charge >= 0.3 is 0 Å². The van der Waals surface area contributed by atoms with Crippen molar-refractivity contribution in [3.63, 3.8) is 0 Å². The Morgan fingerprint density at radius 1 is 0.853 bits per heavy atom. The van der Waals surface area contributed by atoms with Crippen LogP contribution in [0, 0.1) is 0 Å². The largest absolute Gasteiger partial charge is 0.507 e. The molecule has 0 saturated carbocycles. The number of hydrogen-bond donors (Lipinski definition) is 3. The molecule has 34 heavy (non-hydrogen) atoms. The predicted octanol–water partition coefficient (Wildman–Crippen LogP) is 3.64. The molecule has 2 unspecified atom stereocenters. The lowest BCUT2D eigenvalue weighted by molar-refractivity contribution is 0.243. The summed E-state index contributed by atoms with van der Waals surface area (Å²) in [6.07, 6.45) is 5.79. The van der Waals surface area contributed by atoms with Crippen LogP contribution in [-0.4, -0.2) is 48.9 Å². The molecule has 0 aliphatic rings. The molecular formula is C26H30O8. The van der Waals surface area contributed by atoms with E-state index >= 15 is 0 Å². The maximum absolute atomic E-state index is 13.7. The summed E-state index contributed by atoms with van der Waals surface area (Å²) in [5, 5.41) is 30.5. The summed E-state index contributed by atoms with van der Waals surface area (Å²) in [6.45, 7) is 3.24. The molecule has 0 radical (unpaired) electrons. The average Bonchev–Trinajstić information content (AvgIpc) is 2.78. The maximum Gasteiger partial charge on any atom is 0.204 e.